The van der Waals surface area contributed by atoms with Gasteiger partial charge in [0.15, 0.2) is 0 Å². The van der Waals surface area contributed by atoms with Crippen LogP contribution >= 0.6 is 15.9 Å². The van der Waals surface area contributed by atoms with Crippen molar-refractivity contribution in [1.29, 1.82) is 0 Å². The number of fused-ring (bicyclic) bond motifs is 1. The van der Waals surface area contributed by atoms with Gasteiger partial charge in [-0.2, -0.15) is 0 Å². The molecule has 0 unspecified atom stereocenters. The molecule has 18 heavy (non-hydrogen) atoms. The zero-order chi connectivity index (χ0) is 13.3. The summed E-state index contributed by atoms with van der Waals surface area (Å²) in [6.45, 7) is 0.0439. The van der Waals surface area contributed by atoms with Crippen molar-refractivity contribution in [2.75, 3.05) is 6.61 Å². The Bertz CT molecular complexity index is 570. The standard InChI is InChI=1S/C10H7BrN2O5/c11-7-3-6-4-8(12(14)15)1-2-18-10(6)9(5-7)13(16)17/h3-5H,1-2H2. The van der Waals surface area contributed by atoms with Crippen LogP contribution in [0.15, 0.2) is 22.3 Å². The molecule has 0 spiro atoms. The van der Waals surface area contributed by atoms with Gasteiger partial charge in [-0.1, -0.05) is 15.9 Å². The first-order chi connectivity index (χ1) is 8.49. The first-order valence-corrected chi connectivity index (χ1v) is 5.74. The maximum absolute atomic E-state index is 10.9. The molecule has 0 bridgehead atoms. The topological polar surface area (TPSA) is 95.5 Å². The van der Waals surface area contributed by atoms with E-state index in [0.29, 0.717) is 10.0 Å². The first kappa shape index (κ1) is 12.5. The van der Waals surface area contributed by atoms with Gasteiger partial charge in [-0.05, 0) is 6.07 Å². The number of nitro groups is 2. The minimum Gasteiger partial charge on any atom is -0.486 e. The fourth-order valence-electron chi connectivity index (χ4n) is 1.65. The van der Waals surface area contributed by atoms with E-state index in [4.69, 9.17) is 4.74 Å². The summed E-state index contributed by atoms with van der Waals surface area (Å²) in [6, 6.07) is 2.86. The molecule has 0 fully saturated rings. The molecule has 94 valence electrons. The summed E-state index contributed by atoms with van der Waals surface area (Å²) in [4.78, 5) is 20.6. The van der Waals surface area contributed by atoms with Crippen LogP contribution in [-0.4, -0.2) is 16.5 Å². The van der Waals surface area contributed by atoms with E-state index in [1.165, 1.54) is 12.1 Å². The molecule has 1 aromatic carbocycles. The van der Waals surface area contributed by atoms with Crippen molar-refractivity contribution >= 4 is 27.7 Å². The number of hydrogen-bond donors (Lipinski definition) is 0. The van der Waals surface area contributed by atoms with E-state index >= 15 is 0 Å². The summed E-state index contributed by atoms with van der Waals surface area (Å²) in [7, 11) is 0. The van der Waals surface area contributed by atoms with E-state index in [1.54, 1.807) is 6.07 Å². The molecule has 0 saturated heterocycles. The van der Waals surface area contributed by atoms with Crippen LogP contribution in [0.4, 0.5) is 5.69 Å². The van der Waals surface area contributed by atoms with Gasteiger partial charge < -0.3 is 4.74 Å². The van der Waals surface area contributed by atoms with E-state index in [1.807, 2.05) is 0 Å². The molecule has 8 heteroatoms. The summed E-state index contributed by atoms with van der Waals surface area (Å²) in [5, 5.41) is 21.7. The average Bonchev–Trinajstić information content (AvgIpc) is 2.49. The molecular formula is C10H7BrN2O5. The number of nitrogens with zero attached hydrogens (tertiary/aromatic N) is 2. The van der Waals surface area contributed by atoms with Crippen LogP contribution in [0.5, 0.6) is 5.75 Å². The van der Waals surface area contributed by atoms with Gasteiger partial charge in [0.05, 0.1) is 22.9 Å². The first-order valence-electron chi connectivity index (χ1n) is 4.94. The molecule has 0 aromatic heterocycles. The summed E-state index contributed by atoms with van der Waals surface area (Å²) in [5.41, 5.74) is 0.0987. The predicted molar refractivity (Wildman–Crippen MR) is 65.9 cm³/mol. The van der Waals surface area contributed by atoms with Crippen LogP contribution in [0.3, 0.4) is 0 Å². The number of benzene rings is 1. The van der Waals surface area contributed by atoms with E-state index in [-0.39, 0.29) is 30.2 Å². The smallest absolute Gasteiger partial charge is 0.312 e. The second-order valence-electron chi connectivity index (χ2n) is 3.59. The van der Waals surface area contributed by atoms with E-state index in [0.717, 1.165) is 0 Å². The Morgan fingerprint density at radius 2 is 1.94 bits per heavy atom. The number of halogens is 1. The third-order valence-corrected chi connectivity index (χ3v) is 2.88. The number of hydrogen-bond acceptors (Lipinski definition) is 5. The summed E-state index contributed by atoms with van der Waals surface area (Å²) in [5.74, 6) is 0.0695. The van der Waals surface area contributed by atoms with Gasteiger partial charge in [-0.25, -0.2) is 0 Å². The maximum atomic E-state index is 10.9. The Morgan fingerprint density at radius 1 is 1.22 bits per heavy atom. The highest BCUT2D eigenvalue weighted by Gasteiger charge is 2.25. The van der Waals surface area contributed by atoms with E-state index < -0.39 is 9.85 Å². The van der Waals surface area contributed by atoms with Crippen molar-refractivity contribution in [2.24, 2.45) is 0 Å². The fourth-order valence-corrected chi connectivity index (χ4v) is 2.12. The van der Waals surface area contributed by atoms with E-state index in [2.05, 4.69) is 15.9 Å². The predicted octanol–water partition coefficient (Wildman–Crippen LogP) is 2.76. The highest BCUT2D eigenvalue weighted by molar-refractivity contribution is 9.10. The van der Waals surface area contributed by atoms with Crippen LogP contribution < -0.4 is 4.74 Å². The minimum absolute atomic E-state index is 0.0267. The lowest BCUT2D eigenvalue weighted by Crippen LogP contribution is -2.03. The third-order valence-electron chi connectivity index (χ3n) is 2.42. The highest BCUT2D eigenvalue weighted by Crippen LogP contribution is 2.37. The Kier molecular flexibility index (Phi) is 3.28. The molecule has 0 aliphatic carbocycles. The Morgan fingerprint density at radius 3 is 2.56 bits per heavy atom. The van der Waals surface area contributed by atoms with Gasteiger partial charge in [0.25, 0.3) is 0 Å². The van der Waals surface area contributed by atoms with Crippen LogP contribution in [0.1, 0.15) is 12.0 Å². The molecule has 0 amide bonds. The second kappa shape index (κ2) is 4.73. The Labute approximate surface area is 109 Å². The molecule has 7 nitrogen and oxygen atoms in total. The second-order valence-corrected chi connectivity index (χ2v) is 4.51. The Balaban J connectivity index is 2.63. The van der Waals surface area contributed by atoms with Gasteiger partial charge in [0.1, 0.15) is 0 Å². The molecule has 0 N–H and O–H groups in total. The largest absolute Gasteiger partial charge is 0.486 e. The molecule has 0 saturated carbocycles. The number of nitro benzene ring substituents is 1. The van der Waals surface area contributed by atoms with Crippen molar-refractivity contribution in [2.45, 2.75) is 6.42 Å². The lowest BCUT2D eigenvalue weighted by molar-refractivity contribution is -0.426. The molecule has 1 aromatic rings. The van der Waals surface area contributed by atoms with Gasteiger partial charge >= 0.3 is 5.69 Å². The van der Waals surface area contributed by atoms with Gasteiger partial charge in [-0.15, -0.1) is 0 Å². The van der Waals surface area contributed by atoms with Crippen LogP contribution in [0, 0.1) is 20.2 Å². The summed E-state index contributed by atoms with van der Waals surface area (Å²) < 4.78 is 5.73. The number of rotatable bonds is 2. The summed E-state index contributed by atoms with van der Waals surface area (Å²) >= 11 is 3.13. The van der Waals surface area contributed by atoms with Crippen LogP contribution in [0.2, 0.25) is 0 Å². The van der Waals surface area contributed by atoms with Crippen molar-refractivity contribution < 1.29 is 14.6 Å². The monoisotopic (exact) mass is 314 g/mol. The molecular weight excluding hydrogens is 308 g/mol. The molecule has 1 aliphatic heterocycles. The van der Waals surface area contributed by atoms with Gasteiger partial charge in [-0.3, -0.25) is 20.2 Å². The molecule has 1 heterocycles. The SMILES string of the molecule is O=[N+]([O-])C1=Cc2cc(Br)cc([N+](=O)[O-])c2OCC1. The van der Waals surface area contributed by atoms with Gasteiger partial charge in [0.2, 0.25) is 11.4 Å². The van der Waals surface area contributed by atoms with E-state index in [9.17, 15) is 20.2 Å². The molecule has 0 radical (unpaired) electrons. The average molecular weight is 315 g/mol. The zero-order valence-electron chi connectivity index (χ0n) is 8.96. The van der Waals surface area contributed by atoms with Crippen molar-refractivity contribution in [3.8, 4) is 5.75 Å². The van der Waals surface area contributed by atoms with Crippen molar-refractivity contribution in [3.63, 3.8) is 0 Å². The minimum atomic E-state index is -0.575. The highest BCUT2D eigenvalue weighted by atomic mass is 79.9. The molecule has 0 atom stereocenters. The lowest BCUT2D eigenvalue weighted by atomic mass is 10.1. The molecule has 1 aliphatic rings. The summed E-state index contributed by atoms with van der Waals surface area (Å²) in [6.07, 6.45) is 1.41. The normalized spacial score (nSPS) is 13.9. The zero-order valence-corrected chi connectivity index (χ0v) is 10.5. The number of ether oxygens (including phenoxy) is 1. The fraction of sp³-hybridized carbons (Fsp3) is 0.200. The van der Waals surface area contributed by atoms with Gasteiger partial charge in [0, 0.05) is 22.2 Å². The maximum Gasteiger partial charge on any atom is 0.312 e. The molecule has 2 rings (SSSR count). The van der Waals surface area contributed by atoms with Crippen LogP contribution in [-0.2, 0) is 0 Å². The van der Waals surface area contributed by atoms with Crippen molar-refractivity contribution in [1.82, 2.24) is 0 Å². The Hall–Kier alpha value is -1.96. The van der Waals surface area contributed by atoms with Crippen LogP contribution in [0.25, 0.3) is 6.08 Å². The third kappa shape index (κ3) is 2.33. The lowest BCUT2D eigenvalue weighted by Gasteiger charge is -2.06. The quantitative estimate of drug-likeness (QED) is 0.617. The van der Waals surface area contributed by atoms with Crippen molar-refractivity contribution in [3.05, 3.63) is 48.1 Å².